The maximum absolute atomic E-state index is 11.8. The first kappa shape index (κ1) is 13.3. The molecule has 0 aliphatic carbocycles. The first-order chi connectivity index (χ1) is 8.29. The molecule has 5 nitrogen and oxygen atoms in total. The van der Waals surface area contributed by atoms with E-state index in [2.05, 4.69) is 0 Å². The molecule has 0 spiro atoms. The van der Waals surface area contributed by atoms with Crippen LogP contribution in [-0.4, -0.2) is 26.1 Å². The smallest absolute Gasteiger partial charge is 0.228 e. The number of anilines is 1. The number of carbonyl (C=O) groups is 1. The molecule has 0 radical (unpaired) electrons. The Balaban J connectivity index is 2.35. The number of nitrogens with two attached hydrogens (primary N) is 1. The van der Waals surface area contributed by atoms with Gasteiger partial charge in [0, 0.05) is 13.0 Å². The molecule has 1 unspecified atom stereocenters. The number of hydrogen-bond donors (Lipinski definition) is 1. The van der Waals surface area contributed by atoms with E-state index in [9.17, 15) is 13.2 Å². The topological polar surface area (TPSA) is 80.5 Å². The van der Waals surface area contributed by atoms with Gasteiger partial charge in [-0.05, 0) is 24.6 Å². The van der Waals surface area contributed by atoms with Gasteiger partial charge in [0.15, 0.2) is 0 Å². The number of primary sulfonamides is 1. The van der Waals surface area contributed by atoms with Crippen molar-refractivity contribution in [3.05, 3.63) is 28.8 Å². The molecule has 2 N–H and O–H groups in total. The summed E-state index contributed by atoms with van der Waals surface area (Å²) in [6.45, 7) is 1.93. The monoisotopic (exact) mass is 288 g/mol. The Bertz CT molecular complexity index is 600. The zero-order valence-corrected chi connectivity index (χ0v) is 11.3. The number of sulfonamides is 1. The van der Waals surface area contributed by atoms with E-state index in [1.54, 1.807) is 12.1 Å². The van der Waals surface area contributed by atoms with Gasteiger partial charge in [0.05, 0.1) is 10.7 Å². The molecule has 7 heteroatoms. The van der Waals surface area contributed by atoms with Gasteiger partial charge in [-0.3, -0.25) is 4.79 Å². The molecule has 1 aliphatic heterocycles. The third-order valence-corrected chi connectivity index (χ3v) is 4.51. The number of halogens is 1. The van der Waals surface area contributed by atoms with E-state index in [-0.39, 0.29) is 18.9 Å². The Hall–Kier alpha value is -1.11. The number of aryl methyl sites for hydroxylation is 1. The Kier molecular flexibility index (Phi) is 3.35. The largest absolute Gasteiger partial charge is 0.310 e. The molecule has 18 heavy (non-hydrogen) atoms. The van der Waals surface area contributed by atoms with E-state index in [4.69, 9.17) is 16.7 Å². The fourth-order valence-electron chi connectivity index (χ4n) is 1.96. The summed E-state index contributed by atoms with van der Waals surface area (Å²) in [6.07, 6.45) is -0.0941. The average molecular weight is 289 g/mol. The normalized spacial score (nSPS) is 20.5. The van der Waals surface area contributed by atoms with Crippen LogP contribution in [0.5, 0.6) is 0 Å². The van der Waals surface area contributed by atoms with Gasteiger partial charge in [-0.1, -0.05) is 17.7 Å². The number of hydrogen-bond acceptors (Lipinski definition) is 3. The molecule has 0 saturated carbocycles. The predicted molar refractivity (Wildman–Crippen MR) is 70.1 cm³/mol. The average Bonchev–Trinajstić information content (AvgIpc) is 2.64. The summed E-state index contributed by atoms with van der Waals surface area (Å²) in [5.41, 5.74) is 1.48. The first-order valence-electron chi connectivity index (χ1n) is 5.37. The predicted octanol–water partition coefficient (Wildman–Crippen LogP) is 1.04. The number of nitrogens with zero attached hydrogens (tertiary/aromatic N) is 1. The van der Waals surface area contributed by atoms with E-state index in [0.29, 0.717) is 10.7 Å². The molecule has 1 atom stereocenters. The molecule has 1 aromatic rings. The highest BCUT2D eigenvalue weighted by Crippen LogP contribution is 2.31. The molecule has 1 aromatic carbocycles. The van der Waals surface area contributed by atoms with E-state index in [1.807, 2.05) is 13.0 Å². The molecule has 1 fully saturated rings. The lowest BCUT2D eigenvalue weighted by Gasteiger charge is -2.18. The Morgan fingerprint density at radius 1 is 1.44 bits per heavy atom. The molecule has 0 aromatic heterocycles. The summed E-state index contributed by atoms with van der Waals surface area (Å²) in [6, 6.07) is 5.26. The van der Waals surface area contributed by atoms with E-state index < -0.39 is 15.3 Å². The quantitative estimate of drug-likeness (QED) is 0.883. The van der Waals surface area contributed by atoms with Gasteiger partial charge in [-0.25, -0.2) is 13.6 Å². The van der Waals surface area contributed by atoms with Gasteiger partial charge in [0.2, 0.25) is 15.9 Å². The second-order valence-corrected chi connectivity index (χ2v) is 6.63. The minimum absolute atomic E-state index is 0.0564. The van der Waals surface area contributed by atoms with E-state index in [1.165, 1.54) is 4.90 Å². The fourth-order valence-corrected chi connectivity index (χ4v) is 2.91. The molecule has 2 rings (SSSR count). The molecule has 98 valence electrons. The van der Waals surface area contributed by atoms with E-state index >= 15 is 0 Å². The summed E-state index contributed by atoms with van der Waals surface area (Å²) in [5, 5.41) is 4.63. The molecular formula is C11H13ClN2O3S. The highest BCUT2D eigenvalue weighted by Gasteiger charge is 2.37. The first-order valence-corrected chi connectivity index (χ1v) is 7.36. The van der Waals surface area contributed by atoms with Crippen LogP contribution in [0.25, 0.3) is 0 Å². The SMILES string of the molecule is Cc1ccc(Cl)c(N2CC(S(N)(=O)=O)CC2=O)c1. The fraction of sp³-hybridized carbons (Fsp3) is 0.364. The lowest BCUT2D eigenvalue weighted by atomic mass is 10.2. The number of rotatable bonds is 2. The number of amides is 1. The van der Waals surface area contributed by atoms with Crippen molar-refractivity contribution < 1.29 is 13.2 Å². The summed E-state index contributed by atoms with van der Waals surface area (Å²) in [7, 11) is -3.70. The third-order valence-electron chi connectivity index (χ3n) is 2.95. The van der Waals surface area contributed by atoms with Crippen molar-refractivity contribution in [2.24, 2.45) is 5.14 Å². The van der Waals surface area contributed by atoms with Gasteiger partial charge in [0.1, 0.15) is 5.25 Å². The summed E-state index contributed by atoms with van der Waals surface area (Å²) >= 11 is 6.03. The van der Waals surface area contributed by atoms with Gasteiger partial charge in [-0.15, -0.1) is 0 Å². The van der Waals surface area contributed by atoms with Crippen LogP contribution in [0, 0.1) is 6.92 Å². The molecule has 1 amide bonds. The van der Waals surface area contributed by atoms with Crippen molar-refractivity contribution in [1.82, 2.24) is 0 Å². The van der Waals surface area contributed by atoms with E-state index in [0.717, 1.165) is 5.56 Å². The second-order valence-electron chi connectivity index (χ2n) is 4.37. The minimum atomic E-state index is -3.70. The van der Waals surface area contributed by atoms with Crippen LogP contribution < -0.4 is 10.0 Å². The number of benzene rings is 1. The number of carbonyl (C=O) groups excluding carboxylic acids is 1. The lowest BCUT2D eigenvalue weighted by Crippen LogP contribution is -2.32. The van der Waals surface area contributed by atoms with Crippen LogP contribution in [0.2, 0.25) is 5.02 Å². The van der Waals surface area contributed by atoms with Crippen LogP contribution in [0.3, 0.4) is 0 Å². The summed E-state index contributed by atoms with van der Waals surface area (Å²) in [4.78, 5) is 13.2. The minimum Gasteiger partial charge on any atom is -0.310 e. The highest BCUT2D eigenvalue weighted by molar-refractivity contribution is 7.89. The van der Waals surface area contributed by atoms with Crippen LogP contribution in [0.4, 0.5) is 5.69 Å². The van der Waals surface area contributed by atoms with Crippen LogP contribution in [0.1, 0.15) is 12.0 Å². The highest BCUT2D eigenvalue weighted by atomic mass is 35.5. The van der Waals surface area contributed by atoms with Crippen LogP contribution in [-0.2, 0) is 14.8 Å². The van der Waals surface area contributed by atoms with Crippen molar-refractivity contribution in [2.45, 2.75) is 18.6 Å². The molecule has 1 saturated heterocycles. The second kappa shape index (κ2) is 4.53. The Labute approximate surface area is 111 Å². The summed E-state index contributed by atoms with van der Waals surface area (Å²) in [5.74, 6) is -0.276. The van der Waals surface area contributed by atoms with Crippen LogP contribution in [0.15, 0.2) is 18.2 Å². The zero-order chi connectivity index (χ0) is 13.5. The van der Waals surface area contributed by atoms with Gasteiger partial charge < -0.3 is 4.90 Å². The van der Waals surface area contributed by atoms with Crippen LogP contribution >= 0.6 is 11.6 Å². The standard InChI is InChI=1S/C11H13ClN2O3S/c1-7-2-3-9(12)10(4-7)14-6-8(5-11(14)15)18(13,16)17/h2-4,8H,5-6H2,1H3,(H2,13,16,17). The Morgan fingerprint density at radius 2 is 2.11 bits per heavy atom. The van der Waals surface area contributed by atoms with Crippen molar-refractivity contribution in [2.75, 3.05) is 11.4 Å². The maximum atomic E-state index is 11.8. The Morgan fingerprint density at radius 3 is 2.67 bits per heavy atom. The lowest BCUT2D eigenvalue weighted by molar-refractivity contribution is -0.117. The maximum Gasteiger partial charge on any atom is 0.228 e. The van der Waals surface area contributed by atoms with Crippen molar-refractivity contribution in [1.29, 1.82) is 0 Å². The molecule has 1 heterocycles. The van der Waals surface area contributed by atoms with Gasteiger partial charge in [0.25, 0.3) is 0 Å². The van der Waals surface area contributed by atoms with Gasteiger partial charge in [-0.2, -0.15) is 0 Å². The third kappa shape index (κ3) is 2.50. The molecule has 1 aliphatic rings. The summed E-state index contributed by atoms with van der Waals surface area (Å²) < 4.78 is 22.5. The van der Waals surface area contributed by atoms with Crippen molar-refractivity contribution >= 4 is 33.2 Å². The molecule has 0 bridgehead atoms. The molecular weight excluding hydrogens is 276 g/mol. The van der Waals surface area contributed by atoms with Crippen molar-refractivity contribution in [3.8, 4) is 0 Å². The zero-order valence-electron chi connectivity index (χ0n) is 9.76. The van der Waals surface area contributed by atoms with Crippen molar-refractivity contribution in [3.63, 3.8) is 0 Å². The van der Waals surface area contributed by atoms with Gasteiger partial charge >= 0.3 is 0 Å².